The van der Waals surface area contributed by atoms with E-state index in [2.05, 4.69) is 43.5 Å². The van der Waals surface area contributed by atoms with Crippen molar-refractivity contribution in [2.24, 2.45) is 5.92 Å². The fourth-order valence-electron chi connectivity index (χ4n) is 2.04. The average molecular weight is 240 g/mol. The van der Waals surface area contributed by atoms with Crippen LogP contribution in [0.1, 0.15) is 33.6 Å². The summed E-state index contributed by atoms with van der Waals surface area (Å²) in [4.78, 5) is 2.33. The summed E-state index contributed by atoms with van der Waals surface area (Å²) >= 11 is 1.37. The van der Waals surface area contributed by atoms with Gasteiger partial charge in [-0.2, -0.15) is 5.26 Å². The first-order valence-corrected chi connectivity index (χ1v) is 6.77. The van der Waals surface area contributed by atoms with Gasteiger partial charge in [0.25, 0.3) is 0 Å². The third kappa shape index (κ3) is 3.73. The van der Waals surface area contributed by atoms with E-state index in [1.54, 1.807) is 0 Å². The Labute approximate surface area is 103 Å². The number of nitriles is 1. The van der Waals surface area contributed by atoms with E-state index in [4.69, 9.17) is 5.26 Å². The Morgan fingerprint density at radius 3 is 2.88 bits per heavy atom. The first-order chi connectivity index (χ1) is 7.62. The monoisotopic (exact) mass is 240 g/mol. The summed E-state index contributed by atoms with van der Waals surface area (Å²) in [5.74, 6) is 0.608. The molecule has 0 spiro atoms. The van der Waals surface area contributed by atoms with Crippen molar-refractivity contribution in [3.05, 3.63) is 12.4 Å². The molecular formula is C12H22N3S+. The molecule has 0 radical (unpaired) electrons. The van der Waals surface area contributed by atoms with E-state index in [1.165, 1.54) is 24.8 Å². The summed E-state index contributed by atoms with van der Waals surface area (Å²) < 4.78 is 0.734. The maximum Gasteiger partial charge on any atom is 0.202 e. The van der Waals surface area contributed by atoms with Gasteiger partial charge in [-0.25, -0.2) is 3.89 Å². The van der Waals surface area contributed by atoms with Gasteiger partial charge in [0.15, 0.2) is 12.1 Å². The van der Waals surface area contributed by atoms with Gasteiger partial charge in [0.2, 0.25) is 11.9 Å². The van der Waals surface area contributed by atoms with E-state index in [-0.39, 0.29) is 0 Å². The van der Waals surface area contributed by atoms with Crippen LogP contribution in [0.2, 0.25) is 0 Å². The van der Waals surface area contributed by atoms with Crippen molar-refractivity contribution < 1.29 is 3.89 Å². The van der Waals surface area contributed by atoms with Crippen LogP contribution in [0.15, 0.2) is 12.4 Å². The van der Waals surface area contributed by atoms with Crippen molar-refractivity contribution in [3.63, 3.8) is 0 Å². The van der Waals surface area contributed by atoms with E-state index in [9.17, 15) is 0 Å². The maximum absolute atomic E-state index is 8.91. The van der Waals surface area contributed by atoms with E-state index >= 15 is 0 Å². The molecule has 0 aromatic rings. The van der Waals surface area contributed by atoms with Gasteiger partial charge in [-0.15, -0.1) is 0 Å². The molecule has 1 rings (SSSR count). The minimum absolute atomic E-state index is 0.608. The second kappa shape index (κ2) is 6.17. The van der Waals surface area contributed by atoms with Gasteiger partial charge in [0.1, 0.15) is 6.20 Å². The lowest BCUT2D eigenvalue weighted by Crippen LogP contribution is -2.41. The topological polar surface area (TPSA) is 27.0 Å². The number of nitrogens with zero attached hydrogens (tertiary/aromatic N) is 3. The highest BCUT2D eigenvalue weighted by Gasteiger charge is 2.34. The molecule has 16 heavy (non-hydrogen) atoms. The molecule has 0 bridgehead atoms. The Hall–Kier alpha value is -0.660. The Balaban J connectivity index is 2.56. The van der Waals surface area contributed by atoms with Crippen LogP contribution in [0, 0.1) is 16.6 Å². The van der Waals surface area contributed by atoms with Crippen LogP contribution >= 0.6 is 11.9 Å². The molecule has 1 aliphatic heterocycles. The third-order valence-electron chi connectivity index (χ3n) is 2.67. The molecule has 4 heteroatoms. The second-order valence-electron chi connectivity index (χ2n) is 4.82. The zero-order valence-corrected chi connectivity index (χ0v) is 11.3. The molecule has 0 amide bonds. The summed E-state index contributed by atoms with van der Waals surface area (Å²) in [5, 5.41) is 11.2. The van der Waals surface area contributed by atoms with Crippen LogP contribution in [0.3, 0.4) is 0 Å². The van der Waals surface area contributed by atoms with Gasteiger partial charge >= 0.3 is 0 Å². The molecular weight excluding hydrogens is 218 g/mol. The first kappa shape index (κ1) is 13.4. The van der Waals surface area contributed by atoms with Gasteiger partial charge in [-0.05, 0) is 6.42 Å². The lowest BCUT2D eigenvalue weighted by atomic mass is 10.2. The average Bonchev–Trinajstić information content (AvgIpc) is 2.58. The molecule has 1 atom stereocenters. The van der Waals surface area contributed by atoms with Crippen molar-refractivity contribution in [3.8, 4) is 5.40 Å². The lowest BCUT2D eigenvalue weighted by molar-refractivity contribution is -0.746. The number of hydrogen-bond acceptors (Lipinski definition) is 3. The predicted octanol–water partition coefficient (Wildman–Crippen LogP) is 3.13. The second-order valence-corrected chi connectivity index (χ2v) is 5.91. The molecule has 0 saturated carbocycles. The quantitative estimate of drug-likeness (QED) is 0.405. The number of hydrogen-bond donors (Lipinski definition) is 0. The fraction of sp³-hybridized carbons (Fsp3) is 0.750. The summed E-state index contributed by atoms with van der Waals surface area (Å²) in [6.45, 7) is 9.70. The van der Waals surface area contributed by atoms with Crippen LogP contribution in [0.25, 0.3) is 0 Å². The molecule has 90 valence electrons. The summed E-state index contributed by atoms with van der Waals surface area (Å²) in [7, 11) is 0. The van der Waals surface area contributed by atoms with Crippen molar-refractivity contribution in [2.45, 2.75) is 33.6 Å². The normalized spacial score (nSPS) is 24.1. The maximum atomic E-state index is 8.91. The van der Waals surface area contributed by atoms with E-state index < -0.39 is 0 Å². The van der Waals surface area contributed by atoms with Gasteiger partial charge in [-0.3, -0.25) is 0 Å². The molecule has 0 aromatic heterocycles. The Bertz CT molecular complexity index is 282. The fourth-order valence-corrected chi connectivity index (χ4v) is 2.90. The van der Waals surface area contributed by atoms with Crippen LogP contribution in [0.5, 0.6) is 0 Å². The molecule has 0 N–H and O–H groups in total. The van der Waals surface area contributed by atoms with Gasteiger partial charge in [-0.1, -0.05) is 27.2 Å². The van der Waals surface area contributed by atoms with Crippen LogP contribution in [0.4, 0.5) is 0 Å². The smallest absolute Gasteiger partial charge is 0.202 e. The Kier molecular flexibility index (Phi) is 5.17. The van der Waals surface area contributed by atoms with E-state index in [0.29, 0.717) is 5.92 Å². The van der Waals surface area contributed by atoms with Crippen molar-refractivity contribution in [2.75, 3.05) is 19.8 Å². The molecule has 1 aliphatic rings. The molecule has 0 fully saturated rings. The third-order valence-corrected chi connectivity index (χ3v) is 3.50. The summed E-state index contributed by atoms with van der Waals surface area (Å²) in [6, 6.07) is 0. The van der Waals surface area contributed by atoms with E-state index in [0.717, 1.165) is 23.6 Å². The Morgan fingerprint density at radius 2 is 2.31 bits per heavy atom. The van der Waals surface area contributed by atoms with Crippen molar-refractivity contribution in [1.82, 2.24) is 4.90 Å². The predicted molar refractivity (Wildman–Crippen MR) is 68.8 cm³/mol. The zero-order chi connectivity index (χ0) is 12.0. The minimum atomic E-state index is 0.608. The number of thiocyanates is 1. The summed E-state index contributed by atoms with van der Waals surface area (Å²) in [6.07, 6.45) is 6.77. The highest BCUT2D eigenvalue weighted by atomic mass is 32.2. The van der Waals surface area contributed by atoms with Crippen LogP contribution in [-0.2, 0) is 0 Å². The van der Waals surface area contributed by atoms with Gasteiger partial charge in [0.05, 0.1) is 12.7 Å². The first-order valence-electron chi connectivity index (χ1n) is 6.00. The van der Waals surface area contributed by atoms with Gasteiger partial charge < -0.3 is 4.90 Å². The largest absolute Gasteiger partial charge is 0.325 e. The number of quaternary nitrogens is 1. The minimum Gasteiger partial charge on any atom is -0.325 e. The zero-order valence-electron chi connectivity index (χ0n) is 10.5. The van der Waals surface area contributed by atoms with Crippen molar-refractivity contribution in [1.29, 1.82) is 5.26 Å². The number of unbranched alkanes of at least 4 members (excludes halogenated alkanes) is 1. The van der Waals surface area contributed by atoms with Crippen LogP contribution in [-0.4, -0.2) is 28.5 Å². The Morgan fingerprint density at radius 1 is 1.56 bits per heavy atom. The highest BCUT2D eigenvalue weighted by Crippen LogP contribution is 2.30. The SMILES string of the molecule is CCCCN1C=C[N+](CC(C)C)(SC#N)C1. The van der Waals surface area contributed by atoms with E-state index in [1.807, 2.05) is 0 Å². The molecule has 3 nitrogen and oxygen atoms in total. The molecule has 1 heterocycles. The standard InChI is InChI=1S/C12H22N3S/c1-4-5-6-14-7-8-15(11-14,16-10-13)9-12(2)3/h7-8,12H,4-6,9,11H2,1-3H3/q+1. The highest BCUT2D eigenvalue weighted by molar-refractivity contribution is 7.98. The van der Waals surface area contributed by atoms with Crippen LogP contribution < -0.4 is 0 Å². The van der Waals surface area contributed by atoms with Crippen molar-refractivity contribution >= 4 is 11.9 Å². The molecule has 1 unspecified atom stereocenters. The molecule has 0 aliphatic carbocycles. The molecule has 0 aromatic carbocycles. The van der Waals surface area contributed by atoms with Gasteiger partial charge in [0, 0.05) is 12.5 Å². The number of rotatable bonds is 6. The lowest BCUT2D eigenvalue weighted by Gasteiger charge is -2.29. The summed E-state index contributed by atoms with van der Waals surface area (Å²) in [5.41, 5.74) is 0. The molecule has 0 saturated heterocycles.